The lowest BCUT2D eigenvalue weighted by Crippen LogP contribution is -2.21. The molecular weight excluding hydrogens is 234 g/mol. The first-order valence-electron chi connectivity index (χ1n) is 5.92. The number of carbonyl (C=O) groups is 2. The zero-order valence-corrected chi connectivity index (χ0v) is 9.85. The zero-order chi connectivity index (χ0) is 13.1. The summed E-state index contributed by atoms with van der Waals surface area (Å²) in [5.74, 6) is -1.06. The molecule has 18 heavy (non-hydrogen) atoms. The van der Waals surface area contributed by atoms with Gasteiger partial charge in [0.05, 0.1) is 11.3 Å². The summed E-state index contributed by atoms with van der Waals surface area (Å²) in [5, 5.41) is 20.8. The minimum absolute atomic E-state index is 0.100. The Bertz CT molecular complexity index is 480. The van der Waals surface area contributed by atoms with Crippen LogP contribution in [0.2, 0.25) is 0 Å². The van der Waals surface area contributed by atoms with Crippen molar-refractivity contribution in [1.29, 1.82) is 0 Å². The van der Waals surface area contributed by atoms with E-state index in [1.807, 2.05) is 0 Å². The highest BCUT2D eigenvalue weighted by Crippen LogP contribution is 2.30. The quantitative estimate of drug-likeness (QED) is 0.714. The summed E-state index contributed by atoms with van der Waals surface area (Å²) in [4.78, 5) is 22.7. The van der Waals surface area contributed by atoms with Gasteiger partial charge in [-0.15, -0.1) is 0 Å². The molecule has 1 aromatic carbocycles. The van der Waals surface area contributed by atoms with Gasteiger partial charge in [-0.2, -0.15) is 0 Å². The van der Waals surface area contributed by atoms with E-state index < -0.39 is 5.97 Å². The molecule has 1 aliphatic carbocycles. The molecule has 1 aromatic rings. The summed E-state index contributed by atoms with van der Waals surface area (Å²) in [6.07, 6.45) is 3.72. The smallest absolute Gasteiger partial charge is 0.337 e. The third kappa shape index (κ3) is 2.80. The second-order valence-electron chi connectivity index (χ2n) is 4.58. The predicted molar refractivity (Wildman–Crippen MR) is 65.7 cm³/mol. The first-order valence-corrected chi connectivity index (χ1v) is 5.92. The molecule has 0 radical (unpaired) electrons. The van der Waals surface area contributed by atoms with E-state index in [-0.39, 0.29) is 22.9 Å². The Morgan fingerprint density at radius 3 is 2.61 bits per heavy atom. The molecule has 0 heterocycles. The Labute approximate surface area is 104 Å². The maximum atomic E-state index is 11.7. The van der Waals surface area contributed by atoms with Crippen LogP contribution in [0.25, 0.3) is 0 Å². The fourth-order valence-corrected chi connectivity index (χ4v) is 1.98. The number of phenols is 1. The van der Waals surface area contributed by atoms with Crippen LogP contribution in [0.1, 0.15) is 36.0 Å². The lowest BCUT2D eigenvalue weighted by Gasteiger charge is -2.24. The van der Waals surface area contributed by atoms with Gasteiger partial charge >= 0.3 is 5.97 Å². The Morgan fingerprint density at radius 1 is 1.33 bits per heavy atom. The Morgan fingerprint density at radius 2 is 2.06 bits per heavy atom. The second kappa shape index (κ2) is 5.08. The zero-order valence-electron chi connectivity index (χ0n) is 9.85. The lowest BCUT2D eigenvalue weighted by atomic mass is 9.83. The average molecular weight is 249 g/mol. The van der Waals surface area contributed by atoms with Crippen LogP contribution in [0.15, 0.2) is 18.2 Å². The molecule has 0 atom stereocenters. The van der Waals surface area contributed by atoms with Crippen molar-refractivity contribution in [1.82, 2.24) is 0 Å². The third-order valence-electron chi connectivity index (χ3n) is 3.21. The highest BCUT2D eigenvalue weighted by Gasteiger charge is 2.21. The van der Waals surface area contributed by atoms with Crippen LogP contribution < -0.4 is 5.32 Å². The minimum atomic E-state index is -1.18. The molecule has 0 aliphatic heterocycles. The van der Waals surface area contributed by atoms with Crippen molar-refractivity contribution in [3.05, 3.63) is 23.8 Å². The van der Waals surface area contributed by atoms with Crippen LogP contribution >= 0.6 is 0 Å². The van der Waals surface area contributed by atoms with Gasteiger partial charge in [0.2, 0.25) is 5.91 Å². The number of nitrogens with one attached hydrogen (secondary N) is 1. The van der Waals surface area contributed by atoms with Crippen molar-refractivity contribution in [2.24, 2.45) is 5.92 Å². The lowest BCUT2D eigenvalue weighted by molar-refractivity contribution is -0.117. The number of anilines is 1. The maximum absolute atomic E-state index is 11.7. The molecule has 1 amide bonds. The molecule has 0 unspecified atom stereocenters. The number of aromatic hydroxyl groups is 1. The van der Waals surface area contributed by atoms with Gasteiger partial charge in [0.1, 0.15) is 5.75 Å². The van der Waals surface area contributed by atoms with E-state index in [1.54, 1.807) is 0 Å². The number of phenolic OH excluding ortho intramolecular Hbond substituents is 1. The molecule has 0 spiro atoms. The maximum Gasteiger partial charge on any atom is 0.337 e. The van der Waals surface area contributed by atoms with Crippen molar-refractivity contribution in [3.63, 3.8) is 0 Å². The standard InChI is InChI=1S/C13H15NO4/c15-9-4-5-11(10(7-9)13(17)18)14-12(16)6-8-2-1-3-8/h4-5,7-8,15H,1-3,6H2,(H,14,16)(H,17,18). The SMILES string of the molecule is O=C(CC1CCC1)Nc1ccc(O)cc1C(=O)O. The molecule has 0 aromatic heterocycles. The summed E-state index contributed by atoms with van der Waals surface area (Å²) < 4.78 is 0. The number of carbonyl (C=O) groups excluding carboxylic acids is 1. The van der Waals surface area contributed by atoms with E-state index in [9.17, 15) is 14.7 Å². The van der Waals surface area contributed by atoms with Crippen LogP contribution in [0.5, 0.6) is 5.75 Å². The molecule has 96 valence electrons. The minimum Gasteiger partial charge on any atom is -0.508 e. The molecule has 5 nitrogen and oxygen atoms in total. The van der Waals surface area contributed by atoms with Gasteiger partial charge in [-0.1, -0.05) is 6.42 Å². The number of rotatable bonds is 4. The number of hydrogen-bond donors (Lipinski definition) is 3. The topological polar surface area (TPSA) is 86.6 Å². The molecule has 5 heteroatoms. The first-order chi connectivity index (χ1) is 8.56. The second-order valence-corrected chi connectivity index (χ2v) is 4.58. The van der Waals surface area contributed by atoms with E-state index >= 15 is 0 Å². The molecule has 0 bridgehead atoms. The molecule has 3 N–H and O–H groups in total. The van der Waals surface area contributed by atoms with E-state index in [0.29, 0.717) is 12.3 Å². The van der Waals surface area contributed by atoms with Crippen LogP contribution in [0.3, 0.4) is 0 Å². The van der Waals surface area contributed by atoms with E-state index in [2.05, 4.69) is 5.32 Å². The van der Waals surface area contributed by atoms with Gasteiger partial charge in [-0.3, -0.25) is 4.79 Å². The third-order valence-corrected chi connectivity index (χ3v) is 3.21. The summed E-state index contributed by atoms with van der Waals surface area (Å²) in [7, 11) is 0. The summed E-state index contributed by atoms with van der Waals surface area (Å²) in [5.41, 5.74) is 0.126. The van der Waals surface area contributed by atoms with Gasteiger partial charge < -0.3 is 15.5 Å². The molecule has 1 fully saturated rings. The van der Waals surface area contributed by atoms with Crippen molar-refractivity contribution >= 4 is 17.6 Å². The number of hydrogen-bond acceptors (Lipinski definition) is 3. The highest BCUT2D eigenvalue weighted by molar-refractivity contribution is 6.00. The molecule has 0 saturated heterocycles. The Balaban J connectivity index is 2.07. The predicted octanol–water partition coefficient (Wildman–Crippen LogP) is 2.22. The summed E-state index contributed by atoms with van der Waals surface area (Å²) in [6, 6.07) is 3.88. The van der Waals surface area contributed by atoms with Gasteiger partial charge in [0.25, 0.3) is 0 Å². The first kappa shape index (κ1) is 12.4. The summed E-state index contributed by atoms with van der Waals surface area (Å²) in [6.45, 7) is 0. The average Bonchev–Trinajstić information content (AvgIpc) is 2.26. The van der Waals surface area contributed by atoms with E-state index in [4.69, 9.17) is 5.11 Å². The van der Waals surface area contributed by atoms with Crippen molar-refractivity contribution in [2.75, 3.05) is 5.32 Å². The molecule has 2 rings (SSSR count). The van der Waals surface area contributed by atoms with Crippen LogP contribution in [0.4, 0.5) is 5.69 Å². The van der Waals surface area contributed by atoms with Gasteiger partial charge in [-0.05, 0) is 37.0 Å². The normalized spacial score (nSPS) is 14.9. The number of amides is 1. The van der Waals surface area contributed by atoms with Gasteiger partial charge in [-0.25, -0.2) is 4.79 Å². The molecular formula is C13H15NO4. The number of benzene rings is 1. The number of aromatic carboxylic acids is 1. The Kier molecular flexibility index (Phi) is 3.50. The summed E-state index contributed by atoms with van der Waals surface area (Å²) >= 11 is 0. The number of carboxylic acid groups (broad SMARTS) is 1. The number of carboxylic acids is 1. The van der Waals surface area contributed by atoms with Crippen molar-refractivity contribution in [3.8, 4) is 5.75 Å². The Hall–Kier alpha value is -2.04. The van der Waals surface area contributed by atoms with E-state index in [1.165, 1.54) is 12.1 Å². The van der Waals surface area contributed by atoms with Gasteiger partial charge in [0.15, 0.2) is 0 Å². The van der Waals surface area contributed by atoms with Crippen molar-refractivity contribution < 1.29 is 19.8 Å². The van der Waals surface area contributed by atoms with Crippen molar-refractivity contribution in [2.45, 2.75) is 25.7 Å². The fraction of sp³-hybridized carbons (Fsp3) is 0.385. The molecule has 1 aliphatic rings. The van der Waals surface area contributed by atoms with Gasteiger partial charge in [0, 0.05) is 6.42 Å². The van der Waals surface area contributed by atoms with E-state index in [0.717, 1.165) is 25.3 Å². The van der Waals surface area contributed by atoms with Crippen LogP contribution in [-0.2, 0) is 4.79 Å². The highest BCUT2D eigenvalue weighted by atomic mass is 16.4. The molecule has 1 saturated carbocycles. The monoisotopic (exact) mass is 249 g/mol. The fourth-order valence-electron chi connectivity index (χ4n) is 1.98. The van der Waals surface area contributed by atoms with Crippen LogP contribution in [-0.4, -0.2) is 22.1 Å². The largest absolute Gasteiger partial charge is 0.508 e. The van der Waals surface area contributed by atoms with Crippen LogP contribution in [0, 0.1) is 5.92 Å².